The van der Waals surface area contributed by atoms with Gasteiger partial charge in [-0.05, 0) is 18.2 Å². The van der Waals surface area contributed by atoms with Crippen molar-refractivity contribution in [3.05, 3.63) is 53.3 Å². The molecule has 0 aliphatic carbocycles. The van der Waals surface area contributed by atoms with Crippen LogP contribution in [0.15, 0.2) is 48.7 Å². The molecule has 0 aliphatic heterocycles. The van der Waals surface area contributed by atoms with Crippen molar-refractivity contribution in [2.45, 2.75) is 0 Å². The lowest BCUT2D eigenvalue weighted by Gasteiger charge is -2.04. The van der Waals surface area contributed by atoms with Crippen LogP contribution in [-0.4, -0.2) is 15.2 Å². The summed E-state index contributed by atoms with van der Waals surface area (Å²) in [6.07, 6.45) is 1.79. The number of aromatic amines is 1. The van der Waals surface area contributed by atoms with E-state index >= 15 is 0 Å². The van der Waals surface area contributed by atoms with Crippen LogP contribution in [0.25, 0.3) is 22.2 Å². The summed E-state index contributed by atoms with van der Waals surface area (Å²) < 4.78 is 0.627. The molecule has 3 nitrogen and oxygen atoms in total. The minimum absolute atomic E-state index is 0.627. The Kier molecular flexibility index (Phi) is 2.42. The standard InChI is InChI=1S/C13H9N3S/c17-12-7-6-11(15-16-12)10-5-1-3-9-4-2-8-14-13(9)10/h1-8H,(H,16,17). The Balaban J connectivity index is 2.30. The molecule has 0 aliphatic rings. The largest absolute Gasteiger partial charge is 0.267 e. The molecule has 0 saturated carbocycles. The number of H-pyrrole nitrogens is 1. The zero-order valence-electron chi connectivity index (χ0n) is 8.92. The second-order valence-corrected chi connectivity index (χ2v) is 4.13. The molecule has 0 bridgehead atoms. The van der Waals surface area contributed by atoms with Crippen LogP contribution in [0.4, 0.5) is 0 Å². The number of nitrogens with zero attached hydrogens (tertiary/aromatic N) is 2. The third-order valence-electron chi connectivity index (χ3n) is 2.59. The molecule has 2 heterocycles. The fourth-order valence-corrected chi connectivity index (χ4v) is 1.92. The SMILES string of the molecule is S=c1ccc(-c2cccc3cccnc23)n[nH]1. The van der Waals surface area contributed by atoms with E-state index < -0.39 is 0 Å². The minimum atomic E-state index is 0.627. The number of aromatic nitrogens is 3. The molecule has 0 saturated heterocycles. The van der Waals surface area contributed by atoms with E-state index in [0.29, 0.717) is 4.64 Å². The Morgan fingerprint density at radius 2 is 1.88 bits per heavy atom. The lowest BCUT2D eigenvalue weighted by molar-refractivity contribution is 1.02. The lowest BCUT2D eigenvalue weighted by atomic mass is 10.1. The summed E-state index contributed by atoms with van der Waals surface area (Å²) in [4.78, 5) is 4.40. The van der Waals surface area contributed by atoms with Gasteiger partial charge in [0.25, 0.3) is 0 Å². The average Bonchev–Trinajstić information content (AvgIpc) is 2.39. The Labute approximate surface area is 103 Å². The van der Waals surface area contributed by atoms with Crippen molar-refractivity contribution in [2.75, 3.05) is 0 Å². The number of hydrogen-bond acceptors (Lipinski definition) is 3. The highest BCUT2D eigenvalue weighted by Crippen LogP contribution is 2.24. The van der Waals surface area contributed by atoms with Crippen molar-refractivity contribution in [1.82, 2.24) is 15.2 Å². The fraction of sp³-hybridized carbons (Fsp3) is 0. The van der Waals surface area contributed by atoms with Gasteiger partial charge in [0.05, 0.1) is 11.2 Å². The van der Waals surface area contributed by atoms with Gasteiger partial charge >= 0.3 is 0 Å². The molecular formula is C13H9N3S. The summed E-state index contributed by atoms with van der Waals surface area (Å²) in [5, 5.41) is 8.14. The quantitative estimate of drug-likeness (QED) is 0.662. The van der Waals surface area contributed by atoms with Gasteiger partial charge in [-0.2, -0.15) is 5.10 Å². The average molecular weight is 239 g/mol. The molecule has 0 fully saturated rings. The molecule has 0 atom stereocenters. The minimum Gasteiger partial charge on any atom is -0.267 e. The topological polar surface area (TPSA) is 41.6 Å². The lowest BCUT2D eigenvalue weighted by Crippen LogP contribution is -1.89. The number of pyridine rings is 1. The van der Waals surface area contributed by atoms with Gasteiger partial charge < -0.3 is 0 Å². The first-order valence-corrected chi connectivity index (χ1v) is 5.65. The van der Waals surface area contributed by atoms with Gasteiger partial charge in [0.2, 0.25) is 0 Å². The normalized spacial score (nSPS) is 10.6. The summed E-state index contributed by atoms with van der Waals surface area (Å²) in [7, 11) is 0. The van der Waals surface area contributed by atoms with Crippen molar-refractivity contribution in [3.63, 3.8) is 0 Å². The van der Waals surface area contributed by atoms with Gasteiger partial charge in [0, 0.05) is 17.1 Å². The van der Waals surface area contributed by atoms with Crippen molar-refractivity contribution in [1.29, 1.82) is 0 Å². The number of nitrogens with one attached hydrogen (secondary N) is 1. The second-order valence-electron chi connectivity index (χ2n) is 3.69. The monoisotopic (exact) mass is 239 g/mol. The summed E-state index contributed by atoms with van der Waals surface area (Å²) in [6.45, 7) is 0. The van der Waals surface area contributed by atoms with Crippen LogP contribution < -0.4 is 0 Å². The highest BCUT2D eigenvalue weighted by atomic mass is 32.1. The Morgan fingerprint density at radius 3 is 2.71 bits per heavy atom. The Morgan fingerprint density at radius 1 is 1.00 bits per heavy atom. The van der Waals surface area contributed by atoms with Gasteiger partial charge in [-0.15, -0.1) is 0 Å². The van der Waals surface area contributed by atoms with E-state index in [4.69, 9.17) is 12.2 Å². The summed E-state index contributed by atoms with van der Waals surface area (Å²) >= 11 is 4.98. The van der Waals surface area contributed by atoms with Crippen LogP contribution in [0.3, 0.4) is 0 Å². The van der Waals surface area contributed by atoms with E-state index in [2.05, 4.69) is 15.2 Å². The number of benzene rings is 1. The molecule has 0 amide bonds. The zero-order valence-corrected chi connectivity index (χ0v) is 9.74. The fourth-order valence-electron chi connectivity index (χ4n) is 1.81. The zero-order chi connectivity index (χ0) is 11.7. The van der Waals surface area contributed by atoms with E-state index in [9.17, 15) is 0 Å². The van der Waals surface area contributed by atoms with Gasteiger partial charge in [-0.3, -0.25) is 10.1 Å². The first-order valence-electron chi connectivity index (χ1n) is 5.24. The first kappa shape index (κ1) is 10.1. The smallest absolute Gasteiger partial charge is 0.119 e. The highest BCUT2D eigenvalue weighted by molar-refractivity contribution is 7.71. The van der Waals surface area contributed by atoms with E-state index in [0.717, 1.165) is 22.2 Å². The molecule has 1 aromatic carbocycles. The summed E-state index contributed by atoms with van der Waals surface area (Å²) in [6, 6.07) is 13.8. The molecule has 0 radical (unpaired) electrons. The second kappa shape index (κ2) is 4.07. The van der Waals surface area contributed by atoms with Gasteiger partial charge in [0.1, 0.15) is 4.64 Å². The van der Waals surface area contributed by atoms with Crippen molar-refractivity contribution < 1.29 is 0 Å². The van der Waals surface area contributed by atoms with E-state index in [1.807, 2.05) is 42.5 Å². The van der Waals surface area contributed by atoms with E-state index in [1.54, 1.807) is 6.20 Å². The maximum absolute atomic E-state index is 4.98. The third kappa shape index (κ3) is 1.83. The van der Waals surface area contributed by atoms with Crippen molar-refractivity contribution >= 4 is 23.1 Å². The Hall–Kier alpha value is -2.07. The molecule has 3 aromatic rings. The number of hydrogen-bond donors (Lipinski definition) is 1. The summed E-state index contributed by atoms with van der Waals surface area (Å²) in [5.41, 5.74) is 2.81. The molecule has 17 heavy (non-hydrogen) atoms. The molecule has 1 N–H and O–H groups in total. The van der Waals surface area contributed by atoms with Crippen LogP contribution in [0.1, 0.15) is 0 Å². The molecule has 2 aromatic heterocycles. The highest BCUT2D eigenvalue weighted by Gasteiger charge is 2.04. The van der Waals surface area contributed by atoms with Crippen LogP contribution in [0.5, 0.6) is 0 Å². The van der Waals surface area contributed by atoms with Crippen LogP contribution in [0.2, 0.25) is 0 Å². The van der Waals surface area contributed by atoms with E-state index in [1.165, 1.54) is 0 Å². The molecule has 82 valence electrons. The predicted octanol–water partition coefficient (Wildman–Crippen LogP) is 3.35. The van der Waals surface area contributed by atoms with Crippen molar-refractivity contribution in [2.24, 2.45) is 0 Å². The Bertz CT molecular complexity index is 708. The molecule has 3 rings (SSSR count). The van der Waals surface area contributed by atoms with Gasteiger partial charge in [-0.25, -0.2) is 0 Å². The molecule has 4 heteroatoms. The third-order valence-corrected chi connectivity index (χ3v) is 2.82. The molecule has 0 unspecified atom stereocenters. The van der Waals surface area contributed by atoms with Gasteiger partial charge in [0.15, 0.2) is 0 Å². The van der Waals surface area contributed by atoms with Crippen molar-refractivity contribution in [3.8, 4) is 11.3 Å². The molecular weight excluding hydrogens is 230 g/mol. The maximum atomic E-state index is 4.98. The number of rotatable bonds is 1. The van der Waals surface area contributed by atoms with E-state index in [-0.39, 0.29) is 0 Å². The predicted molar refractivity (Wildman–Crippen MR) is 70.2 cm³/mol. The first-order chi connectivity index (χ1) is 8.34. The van der Waals surface area contributed by atoms with Crippen LogP contribution in [0, 0.1) is 4.64 Å². The summed E-state index contributed by atoms with van der Waals surface area (Å²) in [5.74, 6) is 0. The molecule has 0 spiro atoms. The van der Waals surface area contributed by atoms with Gasteiger partial charge in [-0.1, -0.05) is 36.5 Å². The van der Waals surface area contributed by atoms with Crippen LogP contribution in [-0.2, 0) is 0 Å². The number of fused-ring (bicyclic) bond motifs is 1. The van der Waals surface area contributed by atoms with Crippen LogP contribution >= 0.6 is 12.2 Å². The number of para-hydroxylation sites is 1. The maximum Gasteiger partial charge on any atom is 0.119 e.